The van der Waals surface area contributed by atoms with Gasteiger partial charge in [-0.15, -0.1) is 6.58 Å². The van der Waals surface area contributed by atoms with Gasteiger partial charge in [-0.25, -0.2) is 0 Å². The summed E-state index contributed by atoms with van der Waals surface area (Å²) in [7, 11) is 1.96. The van der Waals surface area contributed by atoms with Gasteiger partial charge in [-0.1, -0.05) is 23.7 Å². The SMILES string of the molecule is C=CCCC(NC)c1ccc(Br)c(Cl)c1. The molecule has 82 valence electrons. The summed E-state index contributed by atoms with van der Waals surface area (Å²) >= 11 is 9.44. The zero-order chi connectivity index (χ0) is 11.3. The molecule has 1 unspecified atom stereocenters. The Kier molecular flexibility index (Phi) is 5.37. The summed E-state index contributed by atoms with van der Waals surface area (Å²) in [5.74, 6) is 0. The van der Waals surface area contributed by atoms with Gasteiger partial charge in [0.25, 0.3) is 0 Å². The summed E-state index contributed by atoms with van der Waals surface area (Å²) in [5, 5.41) is 4.03. The predicted octanol–water partition coefficient (Wildman–Crippen LogP) is 4.33. The van der Waals surface area contributed by atoms with E-state index in [0.29, 0.717) is 6.04 Å². The van der Waals surface area contributed by atoms with Crippen LogP contribution in [0.5, 0.6) is 0 Å². The van der Waals surface area contributed by atoms with Crippen LogP contribution in [-0.4, -0.2) is 7.05 Å². The second-order valence-corrected chi connectivity index (χ2v) is 4.64. The van der Waals surface area contributed by atoms with Crippen molar-refractivity contribution in [3.05, 3.63) is 45.9 Å². The molecule has 1 aromatic carbocycles. The summed E-state index contributed by atoms with van der Waals surface area (Å²) in [6.07, 6.45) is 3.97. The fourth-order valence-corrected chi connectivity index (χ4v) is 1.93. The first-order valence-electron chi connectivity index (χ1n) is 4.92. The van der Waals surface area contributed by atoms with Crippen LogP contribution >= 0.6 is 27.5 Å². The normalized spacial score (nSPS) is 12.5. The van der Waals surface area contributed by atoms with Crippen LogP contribution in [0.1, 0.15) is 24.4 Å². The summed E-state index contributed by atoms with van der Waals surface area (Å²) in [4.78, 5) is 0. The molecule has 0 bridgehead atoms. The van der Waals surface area contributed by atoms with Gasteiger partial charge in [0.15, 0.2) is 0 Å². The lowest BCUT2D eigenvalue weighted by molar-refractivity contribution is 0.555. The molecule has 1 nitrogen and oxygen atoms in total. The maximum absolute atomic E-state index is 6.05. The molecule has 0 saturated carbocycles. The molecule has 0 aliphatic heterocycles. The molecule has 0 aliphatic carbocycles. The number of halogens is 2. The van der Waals surface area contributed by atoms with E-state index >= 15 is 0 Å². The molecule has 15 heavy (non-hydrogen) atoms. The van der Waals surface area contributed by atoms with Crippen LogP contribution in [0.15, 0.2) is 35.3 Å². The third-order valence-electron chi connectivity index (χ3n) is 2.35. The summed E-state index contributed by atoms with van der Waals surface area (Å²) in [6, 6.07) is 6.40. The molecule has 0 heterocycles. The van der Waals surface area contributed by atoms with E-state index < -0.39 is 0 Å². The highest BCUT2D eigenvalue weighted by Crippen LogP contribution is 2.27. The Labute approximate surface area is 105 Å². The van der Waals surface area contributed by atoms with Crippen LogP contribution in [0.2, 0.25) is 5.02 Å². The van der Waals surface area contributed by atoms with Crippen LogP contribution in [0.4, 0.5) is 0 Å². The van der Waals surface area contributed by atoms with E-state index in [1.54, 1.807) is 0 Å². The van der Waals surface area contributed by atoms with Gasteiger partial charge in [0, 0.05) is 10.5 Å². The first kappa shape index (κ1) is 12.8. The van der Waals surface area contributed by atoms with Crippen molar-refractivity contribution in [1.29, 1.82) is 0 Å². The van der Waals surface area contributed by atoms with Gasteiger partial charge in [-0.3, -0.25) is 0 Å². The number of nitrogens with one attached hydrogen (secondary N) is 1. The summed E-state index contributed by atoms with van der Waals surface area (Å²) in [5.41, 5.74) is 1.22. The number of benzene rings is 1. The molecule has 0 amide bonds. The minimum Gasteiger partial charge on any atom is -0.313 e. The minimum absolute atomic E-state index is 0.341. The van der Waals surface area contributed by atoms with Gasteiger partial charge in [0.1, 0.15) is 0 Å². The molecule has 1 rings (SSSR count). The number of hydrogen-bond donors (Lipinski definition) is 1. The van der Waals surface area contributed by atoms with Crippen molar-refractivity contribution in [2.75, 3.05) is 7.05 Å². The van der Waals surface area contributed by atoms with E-state index in [9.17, 15) is 0 Å². The van der Waals surface area contributed by atoms with E-state index in [2.05, 4.69) is 33.9 Å². The van der Waals surface area contributed by atoms with Crippen LogP contribution in [0, 0.1) is 0 Å². The Morgan fingerprint density at radius 1 is 1.60 bits per heavy atom. The maximum atomic E-state index is 6.05. The minimum atomic E-state index is 0.341. The van der Waals surface area contributed by atoms with Crippen LogP contribution < -0.4 is 5.32 Å². The predicted molar refractivity (Wildman–Crippen MR) is 70.4 cm³/mol. The van der Waals surface area contributed by atoms with Crippen LogP contribution in [0.25, 0.3) is 0 Å². The first-order chi connectivity index (χ1) is 7.19. The highest BCUT2D eigenvalue weighted by Gasteiger charge is 2.09. The molecule has 0 spiro atoms. The zero-order valence-corrected chi connectivity index (χ0v) is 11.1. The van der Waals surface area contributed by atoms with E-state index in [0.717, 1.165) is 22.3 Å². The molecular formula is C12H15BrClN. The lowest BCUT2D eigenvalue weighted by atomic mass is 10.0. The Bertz CT molecular complexity index is 338. The van der Waals surface area contributed by atoms with Crippen molar-refractivity contribution in [2.24, 2.45) is 0 Å². The standard InChI is InChI=1S/C12H15BrClN/c1-3-4-5-12(15-2)9-6-7-10(13)11(14)8-9/h3,6-8,12,15H,1,4-5H2,2H3. The Balaban J connectivity index is 2.82. The molecule has 0 aliphatic rings. The first-order valence-corrected chi connectivity index (χ1v) is 6.09. The van der Waals surface area contributed by atoms with E-state index in [1.165, 1.54) is 5.56 Å². The van der Waals surface area contributed by atoms with E-state index in [4.69, 9.17) is 11.6 Å². The fourth-order valence-electron chi connectivity index (χ4n) is 1.49. The van der Waals surface area contributed by atoms with Crippen molar-refractivity contribution < 1.29 is 0 Å². The average molecular weight is 289 g/mol. The monoisotopic (exact) mass is 287 g/mol. The third kappa shape index (κ3) is 3.63. The molecule has 0 aromatic heterocycles. The highest BCUT2D eigenvalue weighted by atomic mass is 79.9. The topological polar surface area (TPSA) is 12.0 Å². The number of rotatable bonds is 5. The molecule has 0 radical (unpaired) electrons. The van der Waals surface area contributed by atoms with E-state index in [1.807, 2.05) is 25.3 Å². The molecule has 0 fully saturated rings. The largest absolute Gasteiger partial charge is 0.313 e. The Morgan fingerprint density at radius 2 is 2.33 bits per heavy atom. The van der Waals surface area contributed by atoms with Gasteiger partial charge in [-0.05, 0) is 53.5 Å². The molecule has 1 atom stereocenters. The van der Waals surface area contributed by atoms with Crippen molar-refractivity contribution in [1.82, 2.24) is 5.32 Å². The van der Waals surface area contributed by atoms with Gasteiger partial charge in [0.05, 0.1) is 5.02 Å². The van der Waals surface area contributed by atoms with Gasteiger partial charge < -0.3 is 5.32 Å². The smallest absolute Gasteiger partial charge is 0.0551 e. The quantitative estimate of drug-likeness (QED) is 0.795. The summed E-state index contributed by atoms with van der Waals surface area (Å²) < 4.78 is 0.937. The van der Waals surface area contributed by atoms with Gasteiger partial charge in [0.2, 0.25) is 0 Å². The molecule has 3 heteroatoms. The zero-order valence-electron chi connectivity index (χ0n) is 8.76. The highest BCUT2D eigenvalue weighted by molar-refractivity contribution is 9.10. The van der Waals surface area contributed by atoms with Crippen molar-refractivity contribution in [3.63, 3.8) is 0 Å². The maximum Gasteiger partial charge on any atom is 0.0551 e. The second kappa shape index (κ2) is 6.31. The Morgan fingerprint density at radius 3 is 2.87 bits per heavy atom. The number of allylic oxidation sites excluding steroid dienone is 1. The Hall–Kier alpha value is -0.310. The molecule has 0 saturated heterocycles. The van der Waals surface area contributed by atoms with Crippen molar-refractivity contribution in [2.45, 2.75) is 18.9 Å². The van der Waals surface area contributed by atoms with Crippen molar-refractivity contribution in [3.8, 4) is 0 Å². The summed E-state index contributed by atoms with van der Waals surface area (Å²) in [6.45, 7) is 3.73. The lowest BCUT2D eigenvalue weighted by Crippen LogP contribution is -2.15. The third-order valence-corrected chi connectivity index (χ3v) is 3.59. The van der Waals surface area contributed by atoms with Crippen LogP contribution in [-0.2, 0) is 0 Å². The average Bonchev–Trinajstić information content (AvgIpc) is 2.24. The lowest BCUT2D eigenvalue weighted by Gasteiger charge is -2.16. The van der Waals surface area contributed by atoms with Gasteiger partial charge in [-0.2, -0.15) is 0 Å². The van der Waals surface area contributed by atoms with Crippen molar-refractivity contribution >= 4 is 27.5 Å². The second-order valence-electron chi connectivity index (χ2n) is 3.38. The molecule has 1 aromatic rings. The number of hydrogen-bond acceptors (Lipinski definition) is 1. The van der Waals surface area contributed by atoms with Gasteiger partial charge >= 0.3 is 0 Å². The molecular weight excluding hydrogens is 273 g/mol. The fraction of sp³-hybridized carbons (Fsp3) is 0.333. The van der Waals surface area contributed by atoms with Crippen LogP contribution in [0.3, 0.4) is 0 Å². The van der Waals surface area contributed by atoms with E-state index in [-0.39, 0.29) is 0 Å². The molecule has 1 N–H and O–H groups in total.